The molecule has 5 heteroatoms. The lowest BCUT2D eigenvalue weighted by Crippen LogP contribution is -2.07. The second-order valence-electron chi connectivity index (χ2n) is 5.68. The number of carbonyl (C=O) groups excluding carboxylic acids is 1. The van der Waals surface area contributed by atoms with Gasteiger partial charge in [-0.05, 0) is 23.3 Å². The first-order valence-electron chi connectivity index (χ1n) is 8.16. The van der Waals surface area contributed by atoms with Crippen molar-refractivity contribution in [3.8, 4) is 0 Å². The molecule has 0 radical (unpaired) electrons. The van der Waals surface area contributed by atoms with E-state index in [0.717, 1.165) is 11.1 Å². The molecule has 3 rings (SSSR count). The molecule has 1 N–H and O–H groups in total. The van der Waals surface area contributed by atoms with Gasteiger partial charge in [-0.2, -0.15) is 0 Å². The summed E-state index contributed by atoms with van der Waals surface area (Å²) in [6.45, 7) is 0.638. The molecule has 0 fully saturated rings. The Labute approximate surface area is 157 Å². The zero-order valence-corrected chi connectivity index (χ0v) is 14.8. The van der Waals surface area contributed by atoms with E-state index in [4.69, 9.17) is 11.6 Å². The quantitative estimate of drug-likeness (QED) is 0.505. The maximum absolute atomic E-state index is 11.9. The van der Waals surface area contributed by atoms with Crippen molar-refractivity contribution in [2.75, 3.05) is 5.32 Å². The molecule has 0 saturated heterocycles. The van der Waals surface area contributed by atoms with Gasteiger partial charge in [0.2, 0.25) is 5.91 Å². The van der Waals surface area contributed by atoms with Crippen molar-refractivity contribution in [1.29, 1.82) is 0 Å². The van der Waals surface area contributed by atoms with Crippen molar-refractivity contribution in [2.45, 2.75) is 6.54 Å². The van der Waals surface area contributed by atoms with E-state index in [9.17, 15) is 4.79 Å². The number of carbonyl (C=O) groups is 1. The maximum Gasteiger partial charge on any atom is 0.249 e. The lowest BCUT2D eigenvalue weighted by molar-refractivity contribution is -0.111. The number of imidazole rings is 1. The van der Waals surface area contributed by atoms with Crippen LogP contribution in [0.4, 0.5) is 5.82 Å². The van der Waals surface area contributed by atoms with Crippen LogP contribution in [0.2, 0.25) is 5.02 Å². The van der Waals surface area contributed by atoms with Gasteiger partial charge in [0.05, 0.1) is 6.33 Å². The Hall–Kier alpha value is -3.11. The summed E-state index contributed by atoms with van der Waals surface area (Å²) in [5, 5.41) is 3.44. The molecule has 130 valence electrons. The van der Waals surface area contributed by atoms with Gasteiger partial charge in [-0.3, -0.25) is 4.79 Å². The molecule has 0 spiro atoms. The summed E-state index contributed by atoms with van der Waals surface area (Å²) in [6, 6.07) is 17.5. The zero-order valence-electron chi connectivity index (χ0n) is 14.0. The van der Waals surface area contributed by atoms with Crippen LogP contribution < -0.4 is 5.32 Å². The minimum atomic E-state index is -0.226. The Bertz CT molecular complexity index is 929. The van der Waals surface area contributed by atoms with Gasteiger partial charge in [0.25, 0.3) is 0 Å². The summed E-state index contributed by atoms with van der Waals surface area (Å²) in [5.41, 5.74) is 2.15. The Morgan fingerprint density at radius 1 is 1.12 bits per heavy atom. The molecule has 1 amide bonds. The second-order valence-corrected chi connectivity index (χ2v) is 6.12. The largest absolute Gasteiger partial charge is 0.331 e. The third-order valence-corrected chi connectivity index (χ3v) is 3.82. The van der Waals surface area contributed by atoms with E-state index < -0.39 is 0 Å². The number of allylic oxidation sites excluding steroid dienone is 2. The molecular weight excluding hydrogens is 346 g/mol. The molecule has 3 aromatic rings. The standard InChI is InChI=1S/C21H18ClN3O/c22-19-11-6-10-18(13-19)14-25-15-20(23-16-25)24-21(26)12-5-4-9-17-7-2-1-3-8-17/h1-13,15-16H,14H2,(H,24,26)/b9-4+,12-5+. The highest BCUT2D eigenvalue weighted by Crippen LogP contribution is 2.13. The summed E-state index contributed by atoms with van der Waals surface area (Å²) in [4.78, 5) is 16.1. The van der Waals surface area contributed by atoms with Gasteiger partial charge in [-0.25, -0.2) is 4.98 Å². The van der Waals surface area contributed by atoms with Crippen LogP contribution in [0.5, 0.6) is 0 Å². The van der Waals surface area contributed by atoms with Gasteiger partial charge in [0.15, 0.2) is 5.82 Å². The summed E-state index contributed by atoms with van der Waals surface area (Å²) in [5.74, 6) is 0.282. The monoisotopic (exact) mass is 363 g/mol. The summed E-state index contributed by atoms with van der Waals surface area (Å²) in [7, 11) is 0. The van der Waals surface area contributed by atoms with Crippen LogP contribution in [0.3, 0.4) is 0 Å². The van der Waals surface area contributed by atoms with E-state index >= 15 is 0 Å². The van der Waals surface area contributed by atoms with Crippen LogP contribution in [0.15, 0.2) is 85.3 Å². The average Bonchev–Trinajstić information content (AvgIpc) is 3.06. The lowest BCUT2D eigenvalue weighted by Gasteiger charge is -2.02. The van der Waals surface area contributed by atoms with Gasteiger partial charge >= 0.3 is 0 Å². The summed E-state index contributed by atoms with van der Waals surface area (Å²) in [6.07, 6.45) is 10.4. The summed E-state index contributed by atoms with van der Waals surface area (Å²) >= 11 is 5.99. The van der Waals surface area contributed by atoms with Crippen LogP contribution in [0.1, 0.15) is 11.1 Å². The van der Waals surface area contributed by atoms with E-state index in [1.807, 2.05) is 71.3 Å². The Morgan fingerprint density at radius 3 is 2.77 bits per heavy atom. The van der Waals surface area contributed by atoms with E-state index in [0.29, 0.717) is 17.4 Å². The zero-order chi connectivity index (χ0) is 18.2. The predicted octanol–water partition coefficient (Wildman–Crippen LogP) is 4.79. The number of amides is 1. The van der Waals surface area contributed by atoms with Crippen LogP contribution in [0, 0.1) is 0 Å². The van der Waals surface area contributed by atoms with Crippen molar-refractivity contribution in [1.82, 2.24) is 9.55 Å². The molecular formula is C21H18ClN3O. The van der Waals surface area contributed by atoms with Crippen molar-refractivity contribution >= 4 is 29.4 Å². The molecule has 0 aliphatic heterocycles. The highest BCUT2D eigenvalue weighted by molar-refractivity contribution is 6.30. The summed E-state index contributed by atoms with van der Waals surface area (Å²) < 4.78 is 1.89. The minimum Gasteiger partial charge on any atom is -0.331 e. The molecule has 0 bridgehead atoms. The Balaban J connectivity index is 1.52. The van der Waals surface area contributed by atoms with Gasteiger partial charge in [-0.15, -0.1) is 0 Å². The molecule has 0 saturated carbocycles. The first kappa shape index (κ1) is 17.7. The number of hydrogen-bond donors (Lipinski definition) is 1. The van der Waals surface area contributed by atoms with E-state index in [2.05, 4.69) is 10.3 Å². The van der Waals surface area contributed by atoms with Crippen molar-refractivity contribution < 1.29 is 4.79 Å². The molecule has 1 aromatic heterocycles. The van der Waals surface area contributed by atoms with Crippen LogP contribution in [0.25, 0.3) is 6.08 Å². The molecule has 0 atom stereocenters. The van der Waals surface area contributed by atoms with Crippen molar-refractivity contribution in [3.05, 3.63) is 101 Å². The number of halogens is 1. The first-order chi connectivity index (χ1) is 12.7. The molecule has 0 aliphatic rings. The molecule has 1 heterocycles. The number of hydrogen-bond acceptors (Lipinski definition) is 2. The second kappa shape index (κ2) is 8.83. The van der Waals surface area contributed by atoms with Gasteiger partial charge in [0, 0.05) is 23.8 Å². The molecule has 4 nitrogen and oxygen atoms in total. The lowest BCUT2D eigenvalue weighted by atomic mass is 10.2. The highest BCUT2D eigenvalue weighted by Gasteiger charge is 2.02. The highest BCUT2D eigenvalue weighted by atomic mass is 35.5. The third-order valence-electron chi connectivity index (χ3n) is 3.59. The first-order valence-corrected chi connectivity index (χ1v) is 8.54. The van der Waals surface area contributed by atoms with E-state index in [1.165, 1.54) is 6.08 Å². The van der Waals surface area contributed by atoms with E-state index in [-0.39, 0.29) is 5.91 Å². The normalized spacial score (nSPS) is 11.3. The number of aromatic nitrogens is 2. The minimum absolute atomic E-state index is 0.226. The maximum atomic E-state index is 11.9. The fraction of sp³-hybridized carbons (Fsp3) is 0.0476. The van der Waals surface area contributed by atoms with Crippen LogP contribution in [-0.4, -0.2) is 15.5 Å². The molecule has 26 heavy (non-hydrogen) atoms. The molecule has 0 aliphatic carbocycles. The van der Waals surface area contributed by atoms with Crippen LogP contribution >= 0.6 is 11.6 Å². The van der Waals surface area contributed by atoms with Gasteiger partial charge in [0.1, 0.15) is 0 Å². The van der Waals surface area contributed by atoms with Crippen LogP contribution in [-0.2, 0) is 11.3 Å². The fourth-order valence-corrected chi connectivity index (χ4v) is 2.61. The number of nitrogens with one attached hydrogen (secondary N) is 1. The molecule has 2 aromatic carbocycles. The number of rotatable bonds is 6. The smallest absolute Gasteiger partial charge is 0.249 e. The van der Waals surface area contributed by atoms with Crippen molar-refractivity contribution in [3.63, 3.8) is 0 Å². The number of benzene rings is 2. The average molecular weight is 364 g/mol. The number of nitrogens with zero attached hydrogens (tertiary/aromatic N) is 2. The Kier molecular flexibility index (Phi) is 6.01. The van der Waals surface area contributed by atoms with Gasteiger partial charge in [-0.1, -0.05) is 72.3 Å². The topological polar surface area (TPSA) is 46.9 Å². The SMILES string of the molecule is O=C(/C=C/C=C/c1ccccc1)Nc1cn(Cc2cccc(Cl)c2)cn1. The Morgan fingerprint density at radius 2 is 1.96 bits per heavy atom. The van der Waals surface area contributed by atoms with E-state index in [1.54, 1.807) is 18.6 Å². The number of anilines is 1. The fourth-order valence-electron chi connectivity index (χ4n) is 2.40. The van der Waals surface area contributed by atoms with Crippen molar-refractivity contribution in [2.24, 2.45) is 0 Å². The van der Waals surface area contributed by atoms with Gasteiger partial charge < -0.3 is 9.88 Å². The third kappa shape index (κ3) is 5.46. The predicted molar refractivity (Wildman–Crippen MR) is 106 cm³/mol. The molecule has 0 unspecified atom stereocenters.